The molecule has 0 aliphatic heterocycles. The summed E-state index contributed by atoms with van der Waals surface area (Å²) in [5.41, 5.74) is 6.28. The zero-order valence-electron chi connectivity index (χ0n) is 11.2. The molecule has 1 saturated carbocycles. The molecule has 3 N–H and O–H groups in total. The van der Waals surface area contributed by atoms with Crippen LogP contribution < -0.4 is 11.3 Å². The molecule has 20 heavy (non-hydrogen) atoms. The monoisotopic (exact) mass is 287 g/mol. The predicted molar refractivity (Wildman–Crippen MR) is 81.4 cm³/mol. The molecule has 0 saturated heterocycles. The standard InChI is InChI=1S/C16H18ClN3/c17-14-7-8-15(19-10-14)16(20-18)13-6-2-5-12(9-13)11-3-1-4-11/h2,5-11,16,20H,1,3-4,18H2. The minimum atomic E-state index is -0.104. The van der Waals surface area contributed by atoms with Crippen LogP contribution in [0.2, 0.25) is 5.02 Å². The Morgan fingerprint density at radius 1 is 1.25 bits per heavy atom. The van der Waals surface area contributed by atoms with Crippen LogP contribution in [0, 0.1) is 0 Å². The van der Waals surface area contributed by atoms with Gasteiger partial charge in [-0.05, 0) is 42.0 Å². The molecule has 1 aromatic heterocycles. The number of hydrogen-bond acceptors (Lipinski definition) is 3. The lowest BCUT2D eigenvalue weighted by Crippen LogP contribution is -2.29. The summed E-state index contributed by atoms with van der Waals surface area (Å²) >= 11 is 5.88. The maximum atomic E-state index is 5.88. The smallest absolute Gasteiger partial charge is 0.0881 e. The summed E-state index contributed by atoms with van der Waals surface area (Å²) in [6.07, 6.45) is 5.58. The van der Waals surface area contributed by atoms with Crippen molar-refractivity contribution in [2.75, 3.05) is 0 Å². The second-order valence-corrected chi connectivity index (χ2v) is 5.74. The van der Waals surface area contributed by atoms with E-state index in [4.69, 9.17) is 17.4 Å². The molecule has 104 valence electrons. The first kappa shape index (κ1) is 13.6. The van der Waals surface area contributed by atoms with E-state index in [1.54, 1.807) is 6.20 Å². The Hall–Kier alpha value is -1.42. The second-order valence-electron chi connectivity index (χ2n) is 5.30. The van der Waals surface area contributed by atoms with Gasteiger partial charge in [-0.25, -0.2) is 5.43 Å². The van der Waals surface area contributed by atoms with E-state index >= 15 is 0 Å². The van der Waals surface area contributed by atoms with Crippen molar-refractivity contribution >= 4 is 11.6 Å². The summed E-state index contributed by atoms with van der Waals surface area (Å²) < 4.78 is 0. The molecule has 1 aromatic carbocycles. The van der Waals surface area contributed by atoms with Crippen LogP contribution in [-0.2, 0) is 0 Å². The predicted octanol–water partition coefficient (Wildman–Crippen LogP) is 3.56. The minimum absolute atomic E-state index is 0.104. The fraction of sp³-hybridized carbons (Fsp3) is 0.312. The van der Waals surface area contributed by atoms with Crippen LogP contribution in [0.1, 0.15) is 48.0 Å². The molecule has 0 spiro atoms. The topological polar surface area (TPSA) is 50.9 Å². The second kappa shape index (κ2) is 5.92. The van der Waals surface area contributed by atoms with Gasteiger partial charge in [0.15, 0.2) is 0 Å². The zero-order valence-corrected chi connectivity index (χ0v) is 12.0. The summed E-state index contributed by atoms with van der Waals surface area (Å²) in [5.74, 6) is 6.44. The Bertz CT molecular complexity index is 579. The highest BCUT2D eigenvalue weighted by Gasteiger charge is 2.21. The van der Waals surface area contributed by atoms with Gasteiger partial charge in [-0.15, -0.1) is 0 Å². The average molecular weight is 288 g/mol. The number of nitrogens with zero attached hydrogens (tertiary/aromatic N) is 1. The highest BCUT2D eigenvalue weighted by Crippen LogP contribution is 2.37. The highest BCUT2D eigenvalue weighted by molar-refractivity contribution is 6.30. The van der Waals surface area contributed by atoms with E-state index < -0.39 is 0 Å². The van der Waals surface area contributed by atoms with Gasteiger partial charge < -0.3 is 0 Å². The molecule has 1 fully saturated rings. The Kier molecular flexibility index (Phi) is 4.01. The third-order valence-corrected chi connectivity index (χ3v) is 4.26. The van der Waals surface area contributed by atoms with Gasteiger partial charge in [0, 0.05) is 6.20 Å². The Balaban J connectivity index is 1.90. The molecule has 2 aromatic rings. The molecule has 0 radical (unpaired) electrons. The number of nitrogens with two attached hydrogens (primary N) is 1. The highest BCUT2D eigenvalue weighted by atomic mass is 35.5. The number of rotatable bonds is 4. The van der Waals surface area contributed by atoms with Crippen LogP contribution >= 0.6 is 11.6 Å². The SMILES string of the molecule is NNC(c1cccc(C2CCC2)c1)c1ccc(Cl)cn1. The quantitative estimate of drug-likeness (QED) is 0.668. The van der Waals surface area contributed by atoms with Crippen LogP contribution in [0.4, 0.5) is 0 Å². The van der Waals surface area contributed by atoms with Gasteiger partial charge >= 0.3 is 0 Å². The van der Waals surface area contributed by atoms with Crippen molar-refractivity contribution < 1.29 is 0 Å². The van der Waals surface area contributed by atoms with Crippen molar-refractivity contribution in [1.29, 1.82) is 0 Å². The molecule has 0 amide bonds. The van der Waals surface area contributed by atoms with Crippen molar-refractivity contribution in [3.63, 3.8) is 0 Å². The molecule has 3 rings (SSSR count). The Labute approximate surface area is 124 Å². The fourth-order valence-electron chi connectivity index (χ4n) is 2.64. The van der Waals surface area contributed by atoms with Crippen molar-refractivity contribution in [3.8, 4) is 0 Å². The van der Waals surface area contributed by atoms with E-state index in [2.05, 4.69) is 34.7 Å². The van der Waals surface area contributed by atoms with E-state index in [0.29, 0.717) is 10.9 Å². The molecule has 1 aliphatic rings. The number of halogens is 1. The summed E-state index contributed by atoms with van der Waals surface area (Å²) in [4.78, 5) is 4.36. The maximum Gasteiger partial charge on any atom is 0.0881 e. The zero-order chi connectivity index (χ0) is 13.9. The molecule has 0 bridgehead atoms. The van der Waals surface area contributed by atoms with Crippen LogP contribution in [-0.4, -0.2) is 4.98 Å². The van der Waals surface area contributed by atoms with Crippen LogP contribution in [0.3, 0.4) is 0 Å². The third kappa shape index (κ3) is 2.70. The van der Waals surface area contributed by atoms with Crippen LogP contribution in [0.5, 0.6) is 0 Å². The number of pyridine rings is 1. The number of benzene rings is 1. The molecule has 1 unspecified atom stereocenters. The number of aromatic nitrogens is 1. The summed E-state index contributed by atoms with van der Waals surface area (Å²) in [5, 5.41) is 0.632. The Morgan fingerprint density at radius 3 is 2.70 bits per heavy atom. The minimum Gasteiger partial charge on any atom is -0.271 e. The first-order valence-corrected chi connectivity index (χ1v) is 7.33. The van der Waals surface area contributed by atoms with Gasteiger partial charge in [0.1, 0.15) is 0 Å². The van der Waals surface area contributed by atoms with Crippen molar-refractivity contribution in [3.05, 3.63) is 64.4 Å². The van der Waals surface area contributed by atoms with Gasteiger partial charge in [0.05, 0.1) is 16.8 Å². The summed E-state index contributed by atoms with van der Waals surface area (Å²) in [6.45, 7) is 0. The summed E-state index contributed by atoms with van der Waals surface area (Å²) in [6, 6.07) is 12.3. The van der Waals surface area contributed by atoms with E-state index in [1.165, 1.54) is 24.8 Å². The first-order chi connectivity index (χ1) is 9.78. The van der Waals surface area contributed by atoms with Crippen LogP contribution in [0.15, 0.2) is 42.6 Å². The average Bonchev–Trinajstić information content (AvgIpc) is 2.40. The van der Waals surface area contributed by atoms with Gasteiger partial charge in [-0.2, -0.15) is 0 Å². The maximum absolute atomic E-state index is 5.88. The molecule has 1 heterocycles. The fourth-order valence-corrected chi connectivity index (χ4v) is 2.76. The van der Waals surface area contributed by atoms with Crippen molar-refractivity contribution in [2.24, 2.45) is 5.84 Å². The van der Waals surface area contributed by atoms with Crippen LogP contribution in [0.25, 0.3) is 0 Å². The Morgan fingerprint density at radius 2 is 2.10 bits per heavy atom. The van der Waals surface area contributed by atoms with E-state index in [9.17, 15) is 0 Å². The lowest BCUT2D eigenvalue weighted by Gasteiger charge is -2.27. The molecular weight excluding hydrogens is 270 g/mol. The van der Waals surface area contributed by atoms with Gasteiger partial charge in [-0.3, -0.25) is 10.8 Å². The van der Waals surface area contributed by atoms with Crippen molar-refractivity contribution in [2.45, 2.75) is 31.2 Å². The normalized spacial score (nSPS) is 16.7. The molecule has 1 atom stereocenters. The number of hydrazine groups is 1. The van der Waals surface area contributed by atoms with E-state index in [-0.39, 0.29) is 6.04 Å². The molecular formula is C16H18ClN3. The summed E-state index contributed by atoms with van der Waals surface area (Å²) in [7, 11) is 0. The third-order valence-electron chi connectivity index (χ3n) is 4.03. The molecule has 3 nitrogen and oxygen atoms in total. The largest absolute Gasteiger partial charge is 0.271 e. The van der Waals surface area contributed by atoms with Gasteiger partial charge in [0.25, 0.3) is 0 Å². The van der Waals surface area contributed by atoms with Gasteiger partial charge in [-0.1, -0.05) is 42.3 Å². The molecule has 4 heteroatoms. The number of nitrogens with one attached hydrogen (secondary N) is 1. The van der Waals surface area contributed by atoms with Gasteiger partial charge in [0.2, 0.25) is 0 Å². The first-order valence-electron chi connectivity index (χ1n) is 6.95. The lowest BCUT2D eigenvalue weighted by molar-refractivity contribution is 0.419. The van der Waals surface area contributed by atoms with E-state index in [0.717, 1.165) is 11.3 Å². The lowest BCUT2D eigenvalue weighted by atomic mass is 9.79. The van der Waals surface area contributed by atoms with Crippen molar-refractivity contribution in [1.82, 2.24) is 10.4 Å². The number of hydrogen-bond donors (Lipinski definition) is 2. The molecule has 1 aliphatic carbocycles. The van der Waals surface area contributed by atoms with E-state index in [1.807, 2.05) is 12.1 Å².